The lowest BCUT2D eigenvalue weighted by molar-refractivity contribution is -0.152. The highest BCUT2D eigenvalue weighted by Crippen LogP contribution is 2.42. The summed E-state index contributed by atoms with van der Waals surface area (Å²) < 4.78 is 6.07. The van der Waals surface area contributed by atoms with Crippen molar-refractivity contribution in [2.45, 2.75) is 52.7 Å². The van der Waals surface area contributed by atoms with Gasteiger partial charge in [-0.25, -0.2) is 0 Å². The molecular weight excluding hydrogens is 346 g/mol. The second-order valence-corrected chi connectivity index (χ2v) is 8.28. The van der Waals surface area contributed by atoms with Crippen molar-refractivity contribution in [3.63, 3.8) is 0 Å². The monoisotopic (exact) mass is 369 g/mol. The molecule has 0 spiro atoms. The first-order chi connectivity index (χ1) is 12.0. The highest BCUT2D eigenvalue weighted by atomic mass is 35.5. The van der Waals surface area contributed by atoms with Gasteiger partial charge in [0.15, 0.2) is 5.78 Å². The van der Waals surface area contributed by atoms with E-state index < -0.39 is 11.2 Å². The van der Waals surface area contributed by atoms with Crippen LogP contribution >= 0.6 is 11.6 Å². The smallest absolute Gasteiger partial charge is 0.194 e. The Morgan fingerprint density at radius 2 is 1.69 bits per heavy atom. The molecule has 1 aromatic heterocycles. The van der Waals surface area contributed by atoms with Gasteiger partial charge in [-0.1, -0.05) is 23.7 Å². The lowest BCUT2D eigenvalue weighted by atomic mass is 9.78. The summed E-state index contributed by atoms with van der Waals surface area (Å²) in [7, 11) is 0. The normalized spacial score (nSPS) is 19.0. The Balaban J connectivity index is 2.21. The minimum absolute atomic E-state index is 0.0126. The number of ether oxygens (including phenoxy) is 1. The van der Waals surface area contributed by atoms with E-state index in [-0.39, 0.29) is 5.78 Å². The van der Waals surface area contributed by atoms with Crippen LogP contribution in [0.4, 0.5) is 0 Å². The summed E-state index contributed by atoms with van der Waals surface area (Å²) in [6.07, 6.45) is 1.63. The molecule has 3 nitrogen and oxygen atoms in total. The zero-order chi connectivity index (χ0) is 19.3. The van der Waals surface area contributed by atoms with Crippen LogP contribution in [0.5, 0.6) is 0 Å². The van der Waals surface area contributed by atoms with Gasteiger partial charge in [-0.15, -0.1) is 0 Å². The number of aryl methyl sites for hydroxylation is 1. The minimum Gasteiger partial charge on any atom is -0.357 e. The number of aromatic nitrogens is 1. The second-order valence-electron chi connectivity index (χ2n) is 7.84. The van der Waals surface area contributed by atoms with Crippen molar-refractivity contribution >= 4 is 23.0 Å². The Labute approximate surface area is 160 Å². The van der Waals surface area contributed by atoms with E-state index in [2.05, 4.69) is 4.98 Å². The number of hydrogen-bond acceptors (Lipinski definition) is 3. The average Bonchev–Trinajstić information content (AvgIpc) is 2.55. The van der Waals surface area contributed by atoms with Gasteiger partial charge in [0.05, 0.1) is 16.3 Å². The van der Waals surface area contributed by atoms with E-state index in [1.165, 1.54) is 0 Å². The summed E-state index contributed by atoms with van der Waals surface area (Å²) in [6, 6.07) is 9.80. The van der Waals surface area contributed by atoms with Crippen LogP contribution in [-0.4, -0.2) is 22.0 Å². The van der Waals surface area contributed by atoms with Crippen LogP contribution in [0.2, 0.25) is 5.02 Å². The molecule has 0 radical (unpaired) electrons. The summed E-state index contributed by atoms with van der Waals surface area (Å²) in [5, 5.41) is 0.600. The van der Waals surface area contributed by atoms with E-state index in [0.29, 0.717) is 5.02 Å². The van der Waals surface area contributed by atoms with Crippen LogP contribution in [0.15, 0.2) is 42.1 Å². The Kier molecular flexibility index (Phi) is 4.58. The highest BCUT2D eigenvalue weighted by molar-refractivity contribution is 6.30. The first kappa shape index (κ1) is 18.8. The zero-order valence-electron chi connectivity index (χ0n) is 16.1. The van der Waals surface area contributed by atoms with E-state index in [0.717, 1.165) is 33.5 Å². The highest BCUT2D eigenvalue weighted by Gasteiger charge is 2.45. The number of halogens is 1. The Morgan fingerprint density at radius 3 is 2.31 bits per heavy atom. The molecule has 0 amide bonds. The van der Waals surface area contributed by atoms with Gasteiger partial charge in [0.25, 0.3) is 0 Å². The second kappa shape index (κ2) is 6.33. The molecule has 2 heterocycles. The molecule has 4 heteroatoms. The Bertz CT molecular complexity index is 908. The number of Topliss-reactive ketones (excluding diaryl/α,β-unsaturated/α-hetero) is 1. The lowest BCUT2D eigenvalue weighted by Gasteiger charge is -2.42. The summed E-state index contributed by atoms with van der Waals surface area (Å²) in [5.41, 5.74) is 4.10. The van der Waals surface area contributed by atoms with E-state index in [1.807, 2.05) is 71.9 Å². The van der Waals surface area contributed by atoms with Crippen LogP contribution in [-0.2, 0) is 9.53 Å². The van der Waals surface area contributed by atoms with Crippen LogP contribution in [0.3, 0.4) is 0 Å². The minimum atomic E-state index is -0.862. The van der Waals surface area contributed by atoms with Crippen LogP contribution in [0.1, 0.15) is 45.7 Å². The predicted octanol–water partition coefficient (Wildman–Crippen LogP) is 5.64. The molecular formula is C22H24ClNO2. The standard InChI is InChI=1S/C22H24ClNO2/c1-13-7-8-15(18-10-9-16(23)12-24-18)11-17(13)19-14(2)21(3,4)26-22(5,6)20(19)25/h7-12H,1-6H3. The number of carbonyl (C=O) groups is 1. The first-order valence-electron chi connectivity index (χ1n) is 8.72. The van der Waals surface area contributed by atoms with Gasteiger partial charge in [0.1, 0.15) is 5.60 Å². The summed E-state index contributed by atoms with van der Waals surface area (Å²) >= 11 is 5.95. The molecule has 0 fully saturated rings. The number of carbonyl (C=O) groups excluding carboxylic acids is 1. The van der Waals surface area contributed by atoms with Gasteiger partial charge in [-0.05, 0) is 76.4 Å². The van der Waals surface area contributed by atoms with E-state index in [1.54, 1.807) is 6.20 Å². The quantitative estimate of drug-likeness (QED) is 0.687. The lowest BCUT2D eigenvalue weighted by Crippen LogP contribution is -2.49. The van der Waals surface area contributed by atoms with E-state index in [9.17, 15) is 4.79 Å². The van der Waals surface area contributed by atoms with Gasteiger partial charge in [-0.3, -0.25) is 9.78 Å². The Morgan fingerprint density at radius 1 is 1.00 bits per heavy atom. The van der Waals surface area contributed by atoms with Crippen molar-refractivity contribution in [3.8, 4) is 11.3 Å². The van der Waals surface area contributed by atoms with Crippen molar-refractivity contribution in [3.05, 3.63) is 58.3 Å². The third kappa shape index (κ3) is 3.22. The van der Waals surface area contributed by atoms with Gasteiger partial charge in [-0.2, -0.15) is 0 Å². The van der Waals surface area contributed by atoms with Crippen LogP contribution < -0.4 is 0 Å². The molecule has 136 valence electrons. The Hall–Kier alpha value is -1.97. The third-order valence-corrected chi connectivity index (χ3v) is 5.32. The fraction of sp³-hybridized carbons (Fsp3) is 0.364. The number of rotatable bonds is 2. The molecule has 26 heavy (non-hydrogen) atoms. The van der Waals surface area contributed by atoms with Crippen LogP contribution in [0.25, 0.3) is 16.8 Å². The SMILES string of the molecule is CC1=C(c2cc(-c3ccc(Cl)cn3)ccc2C)C(=O)C(C)(C)OC1(C)C. The molecule has 1 aromatic carbocycles. The molecule has 0 atom stereocenters. The van der Waals surface area contributed by atoms with Gasteiger partial charge < -0.3 is 4.74 Å². The molecule has 2 aromatic rings. The van der Waals surface area contributed by atoms with Crippen molar-refractivity contribution in [2.75, 3.05) is 0 Å². The maximum Gasteiger partial charge on any atom is 0.194 e. The summed E-state index contributed by atoms with van der Waals surface area (Å²) in [4.78, 5) is 17.6. The predicted molar refractivity (Wildman–Crippen MR) is 106 cm³/mol. The number of ketones is 1. The molecule has 0 unspecified atom stereocenters. The van der Waals surface area contributed by atoms with Crippen molar-refractivity contribution in [2.24, 2.45) is 0 Å². The molecule has 1 aliphatic heterocycles. The average molecular weight is 370 g/mol. The fourth-order valence-electron chi connectivity index (χ4n) is 3.45. The first-order valence-corrected chi connectivity index (χ1v) is 9.10. The third-order valence-electron chi connectivity index (χ3n) is 5.09. The van der Waals surface area contributed by atoms with E-state index in [4.69, 9.17) is 16.3 Å². The van der Waals surface area contributed by atoms with Crippen molar-refractivity contribution in [1.82, 2.24) is 4.98 Å². The summed E-state index contributed by atoms with van der Waals surface area (Å²) in [5.74, 6) is 0.0126. The molecule has 0 saturated carbocycles. The molecule has 0 aliphatic carbocycles. The van der Waals surface area contributed by atoms with Crippen LogP contribution in [0, 0.1) is 6.92 Å². The van der Waals surface area contributed by atoms with Crippen molar-refractivity contribution < 1.29 is 9.53 Å². The molecule has 1 aliphatic rings. The number of benzene rings is 1. The van der Waals surface area contributed by atoms with E-state index >= 15 is 0 Å². The maximum atomic E-state index is 13.2. The number of pyridine rings is 1. The number of hydrogen-bond donors (Lipinski definition) is 0. The van der Waals surface area contributed by atoms with Gasteiger partial charge in [0, 0.05) is 17.3 Å². The number of nitrogens with zero attached hydrogens (tertiary/aromatic N) is 1. The topological polar surface area (TPSA) is 39.2 Å². The zero-order valence-corrected chi connectivity index (χ0v) is 16.9. The molecule has 0 saturated heterocycles. The summed E-state index contributed by atoms with van der Waals surface area (Å²) in [6.45, 7) is 11.7. The van der Waals surface area contributed by atoms with Gasteiger partial charge in [0.2, 0.25) is 0 Å². The largest absolute Gasteiger partial charge is 0.357 e. The molecule has 3 rings (SSSR count). The fourth-order valence-corrected chi connectivity index (χ4v) is 3.57. The molecule has 0 N–H and O–H groups in total. The molecule has 0 bridgehead atoms. The van der Waals surface area contributed by atoms with Crippen molar-refractivity contribution in [1.29, 1.82) is 0 Å². The maximum absolute atomic E-state index is 13.2. The van der Waals surface area contributed by atoms with Gasteiger partial charge >= 0.3 is 0 Å².